The molecule has 3 nitrogen and oxygen atoms in total. The third-order valence-electron chi connectivity index (χ3n) is 8.31. The van der Waals surface area contributed by atoms with Crippen LogP contribution in [0.15, 0.2) is 17.0 Å². The normalized spacial score (nSPS) is 36.9. The molecular weight excluding hydrogens is 356 g/mol. The van der Waals surface area contributed by atoms with Crippen LogP contribution < -0.4 is 4.74 Å². The van der Waals surface area contributed by atoms with E-state index in [2.05, 4.69) is 27.7 Å². The van der Waals surface area contributed by atoms with Gasteiger partial charge in [-0.1, -0.05) is 34.1 Å². The van der Waals surface area contributed by atoms with Crippen molar-refractivity contribution < 1.29 is 14.6 Å². The molecular formula is C23H32O3S. The fourth-order valence-corrected chi connectivity index (χ4v) is 8.86. The summed E-state index contributed by atoms with van der Waals surface area (Å²) in [6.45, 7) is 9.76. The van der Waals surface area contributed by atoms with Gasteiger partial charge in [0, 0.05) is 10.6 Å². The Morgan fingerprint density at radius 3 is 2.56 bits per heavy atom. The van der Waals surface area contributed by atoms with Crippen LogP contribution in [0, 0.1) is 22.7 Å². The smallest absolute Gasteiger partial charge is 0.336 e. The number of methoxy groups -OCH3 is 1. The third kappa shape index (κ3) is 2.66. The standard InChI is InChI=1S/C23H32O3S/c1-21(2)8-6-9-22(3)17(21)7-10-23(4)18(22)13-27-16-12-14(26-5)11-15(19(16)23)20(24)25/h11-12,17-18H,6-10,13H2,1-5H3,(H,24,25)/t17-,18+,22-,23+/m0/s1. The van der Waals surface area contributed by atoms with Crippen LogP contribution in [-0.2, 0) is 5.41 Å². The largest absolute Gasteiger partial charge is 0.497 e. The number of thioether (sulfide) groups is 1. The van der Waals surface area contributed by atoms with Gasteiger partial charge in [-0.15, -0.1) is 11.8 Å². The molecule has 0 unspecified atom stereocenters. The number of ether oxygens (including phenoxy) is 1. The van der Waals surface area contributed by atoms with Crippen LogP contribution in [0.3, 0.4) is 0 Å². The number of hydrogen-bond donors (Lipinski definition) is 1. The first-order chi connectivity index (χ1) is 12.6. The van der Waals surface area contributed by atoms with E-state index in [9.17, 15) is 9.90 Å². The van der Waals surface area contributed by atoms with Crippen molar-refractivity contribution in [1.29, 1.82) is 0 Å². The molecule has 2 fully saturated rings. The SMILES string of the molecule is COc1cc2c(c(C(=O)O)c1)[C@]1(C)CC[C@H]3C(C)(C)CCC[C@]3(C)[C@H]1CS2. The third-order valence-corrected chi connectivity index (χ3v) is 9.44. The Bertz CT molecular complexity index is 786. The lowest BCUT2D eigenvalue weighted by molar-refractivity contribution is -0.0975. The highest BCUT2D eigenvalue weighted by Crippen LogP contribution is 2.67. The molecule has 148 valence electrons. The lowest BCUT2D eigenvalue weighted by Gasteiger charge is -2.64. The molecule has 0 radical (unpaired) electrons. The van der Waals surface area contributed by atoms with Gasteiger partial charge in [0.2, 0.25) is 0 Å². The van der Waals surface area contributed by atoms with Crippen molar-refractivity contribution in [2.45, 2.75) is 70.1 Å². The van der Waals surface area contributed by atoms with Crippen LogP contribution >= 0.6 is 11.8 Å². The minimum absolute atomic E-state index is 0.0702. The van der Waals surface area contributed by atoms with Gasteiger partial charge in [-0.3, -0.25) is 0 Å². The number of fused-ring (bicyclic) bond motifs is 5. The van der Waals surface area contributed by atoms with Gasteiger partial charge >= 0.3 is 5.97 Å². The van der Waals surface area contributed by atoms with Crippen molar-refractivity contribution in [1.82, 2.24) is 0 Å². The molecule has 0 spiro atoms. The Labute approximate surface area is 167 Å². The van der Waals surface area contributed by atoms with E-state index in [-0.39, 0.29) is 10.8 Å². The lowest BCUT2D eigenvalue weighted by atomic mass is 9.42. The Kier molecular flexibility index (Phi) is 4.38. The van der Waals surface area contributed by atoms with Crippen molar-refractivity contribution in [3.05, 3.63) is 23.3 Å². The monoisotopic (exact) mass is 388 g/mol. The number of rotatable bonds is 2. The van der Waals surface area contributed by atoms with Gasteiger partial charge in [0.1, 0.15) is 5.75 Å². The van der Waals surface area contributed by atoms with Crippen molar-refractivity contribution in [2.75, 3.05) is 12.9 Å². The van der Waals surface area contributed by atoms with Crippen molar-refractivity contribution >= 4 is 17.7 Å². The predicted octanol–water partition coefficient (Wildman–Crippen LogP) is 6.00. The van der Waals surface area contributed by atoms with E-state index in [1.807, 2.05) is 17.8 Å². The van der Waals surface area contributed by atoms with Crippen LogP contribution in [0.2, 0.25) is 0 Å². The van der Waals surface area contributed by atoms with Gasteiger partial charge in [0.05, 0.1) is 12.7 Å². The second-order valence-corrected chi connectivity index (χ2v) is 11.1. The first kappa shape index (κ1) is 19.2. The Balaban J connectivity index is 1.87. The zero-order valence-electron chi connectivity index (χ0n) is 17.2. The molecule has 2 saturated carbocycles. The molecule has 2 aliphatic carbocycles. The van der Waals surface area contributed by atoms with Crippen LogP contribution in [0.5, 0.6) is 5.75 Å². The first-order valence-corrected chi connectivity index (χ1v) is 11.2. The van der Waals surface area contributed by atoms with Gasteiger partial charge in [-0.25, -0.2) is 4.79 Å². The highest BCUT2D eigenvalue weighted by atomic mass is 32.2. The van der Waals surface area contributed by atoms with E-state index < -0.39 is 5.97 Å². The summed E-state index contributed by atoms with van der Waals surface area (Å²) in [5, 5.41) is 9.98. The minimum atomic E-state index is -0.830. The molecule has 4 rings (SSSR count). The number of carboxylic acid groups (broad SMARTS) is 1. The van der Waals surface area contributed by atoms with Crippen LogP contribution in [0.4, 0.5) is 0 Å². The Morgan fingerprint density at radius 1 is 1.15 bits per heavy atom. The molecule has 0 aromatic heterocycles. The molecule has 4 heteroatoms. The van der Waals surface area contributed by atoms with E-state index in [0.29, 0.717) is 22.6 Å². The average Bonchev–Trinajstić information content (AvgIpc) is 2.59. The molecule has 1 N–H and O–H groups in total. The minimum Gasteiger partial charge on any atom is -0.497 e. The predicted molar refractivity (Wildman–Crippen MR) is 110 cm³/mol. The molecule has 0 amide bonds. The molecule has 1 heterocycles. The van der Waals surface area contributed by atoms with E-state index in [4.69, 9.17) is 4.74 Å². The second-order valence-electron chi connectivity index (χ2n) is 10.1. The zero-order chi connectivity index (χ0) is 19.6. The van der Waals surface area contributed by atoms with Crippen LogP contribution in [0.1, 0.15) is 75.7 Å². The van der Waals surface area contributed by atoms with Gasteiger partial charge < -0.3 is 9.84 Å². The molecule has 1 aromatic carbocycles. The van der Waals surface area contributed by atoms with E-state index >= 15 is 0 Å². The summed E-state index contributed by atoms with van der Waals surface area (Å²) in [5.41, 5.74) is 2.12. The fraction of sp³-hybridized carbons (Fsp3) is 0.696. The highest BCUT2D eigenvalue weighted by molar-refractivity contribution is 7.99. The first-order valence-electron chi connectivity index (χ1n) is 10.2. The summed E-state index contributed by atoms with van der Waals surface area (Å²) >= 11 is 1.85. The Hall–Kier alpha value is -1.16. The van der Waals surface area contributed by atoms with Crippen LogP contribution in [-0.4, -0.2) is 23.9 Å². The zero-order valence-corrected chi connectivity index (χ0v) is 18.0. The second kappa shape index (κ2) is 6.17. The summed E-state index contributed by atoms with van der Waals surface area (Å²) in [7, 11) is 1.61. The molecule has 3 aliphatic rings. The average molecular weight is 389 g/mol. The van der Waals surface area contributed by atoms with E-state index in [1.54, 1.807) is 13.2 Å². The number of benzene rings is 1. The Morgan fingerprint density at radius 2 is 1.89 bits per heavy atom. The summed E-state index contributed by atoms with van der Waals surface area (Å²) in [4.78, 5) is 13.3. The number of carboxylic acids is 1. The summed E-state index contributed by atoms with van der Waals surface area (Å²) in [5.74, 6) is 2.15. The number of hydrogen-bond acceptors (Lipinski definition) is 3. The van der Waals surface area contributed by atoms with Crippen molar-refractivity contribution in [3.8, 4) is 5.75 Å². The van der Waals surface area contributed by atoms with E-state index in [1.165, 1.54) is 25.7 Å². The summed E-state index contributed by atoms with van der Waals surface area (Å²) < 4.78 is 5.40. The topological polar surface area (TPSA) is 46.5 Å². The van der Waals surface area contributed by atoms with E-state index in [0.717, 1.165) is 28.6 Å². The molecule has 0 saturated heterocycles. The van der Waals surface area contributed by atoms with Gasteiger partial charge in [0.15, 0.2) is 0 Å². The highest BCUT2D eigenvalue weighted by Gasteiger charge is 2.60. The number of aromatic carboxylic acids is 1. The molecule has 4 atom stereocenters. The summed E-state index contributed by atoms with van der Waals surface area (Å²) in [6.07, 6.45) is 6.17. The van der Waals surface area contributed by atoms with Gasteiger partial charge in [0.25, 0.3) is 0 Å². The molecule has 0 bridgehead atoms. The maximum atomic E-state index is 12.2. The summed E-state index contributed by atoms with van der Waals surface area (Å²) in [6, 6.07) is 3.78. The number of carbonyl (C=O) groups is 1. The van der Waals surface area contributed by atoms with Crippen LogP contribution in [0.25, 0.3) is 0 Å². The lowest BCUT2D eigenvalue weighted by Crippen LogP contribution is -2.58. The van der Waals surface area contributed by atoms with Crippen molar-refractivity contribution in [2.24, 2.45) is 22.7 Å². The van der Waals surface area contributed by atoms with Crippen molar-refractivity contribution in [3.63, 3.8) is 0 Å². The van der Waals surface area contributed by atoms with Gasteiger partial charge in [-0.2, -0.15) is 0 Å². The molecule has 27 heavy (non-hydrogen) atoms. The quantitative estimate of drug-likeness (QED) is 0.675. The maximum absolute atomic E-state index is 12.2. The molecule has 1 aliphatic heterocycles. The fourth-order valence-electron chi connectivity index (χ4n) is 7.08. The molecule has 1 aromatic rings. The maximum Gasteiger partial charge on any atom is 0.336 e. The van der Waals surface area contributed by atoms with Gasteiger partial charge in [-0.05, 0) is 71.5 Å².